The van der Waals surface area contributed by atoms with Gasteiger partial charge in [-0.25, -0.2) is 8.42 Å². The van der Waals surface area contributed by atoms with E-state index in [9.17, 15) is 18.0 Å². The highest BCUT2D eigenvalue weighted by molar-refractivity contribution is 7.89. The number of rotatable bonds is 6. The highest BCUT2D eigenvalue weighted by Gasteiger charge is 2.41. The van der Waals surface area contributed by atoms with Gasteiger partial charge in [-0.3, -0.25) is 9.59 Å². The molecule has 0 fully saturated rings. The molecule has 10 nitrogen and oxygen atoms in total. The number of benzene rings is 2. The van der Waals surface area contributed by atoms with E-state index in [0.717, 1.165) is 4.31 Å². The number of anilines is 1. The molecule has 1 heterocycles. The van der Waals surface area contributed by atoms with Crippen LogP contribution in [0.2, 0.25) is 0 Å². The van der Waals surface area contributed by atoms with Crippen LogP contribution in [0.15, 0.2) is 53.4 Å². The number of sulfonamides is 1. The molecule has 0 aromatic heterocycles. The van der Waals surface area contributed by atoms with E-state index in [4.69, 9.17) is 14.2 Å². The zero-order valence-electron chi connectivity index (χ0n) is 21.7. The maximum Gasteiger partial charge on any atom is 0.326 e. The molecule has 2 aromatic carbocycles. The number of fused-ring (bicyclic) bond motifs is 1. The van der Waals surface area contributed by atoms with Gasteiger partial charge in [0.15, 0.2) is 0 Å². The SMILES string of the molecule is CNC.COCC#CCOc1ccc(S(=O)(=O)N2Cc3ccccc3N(C(C)=O)CC2C(=O)OC)cc1. The number of esters is 1. The molecule has 1 unspecified atom stereocenters. The summed E-state index contributed by atoms with van der Waals surface area (Å²) >= 11 is 0. The lowest BCUT2D eigenvalue weighted by atomic mass is 10.1. The molecule has 0 radical (unpaired) electrons. The predicted octanol–water partition coefficient (Wildman–Crippen LogP) is 1.65. The molecule has 1 aliphatic heterocycles. The smallest absolute Gasteiger partial charge is 0.326 e. The highest BCUT2D eigenvalue weighted by Crippen LogP contribution is 2.32. The summed E-state index contributed by atoms with van der Waals surface area (Å²) in [5.41, 5.74) is 1.15. The van der Waals surface area contributed by atoms with Crippen molar-refractivity contribution in [1.82, 2.24) is 9.62 Å². The monoisotopic (exact) mass is 531 g/mol. The average molecular weight is 532 g/mol. The number of ether oxygens (including phenoxy) is 3. The molecule has 2 aromatic rings. The summed E-state index contributed by atoms with van der Waals surface area (Å²) in [6, 6.07) is 11.6. The van der Waals surface area contributed by atoms with E-state index in [1.165, 1.54) is 43.2 Å². The molecule has 1 amide bonds. The van der Waals surface area contributed by atoms with Crippen LogP contribution in [0.1, 0.15) is 12.5 Å². The van der Waals surface area contributed by atoms with E-state index in [1.807, 2.05) is 14.1 Å². The van der Waals surface area contributed by atoms with Gasteiger partial charge in [0.2, 0.25) is 15.9 Å². The predicted molar refractivity (Wildman–Crippen MR) is 140 cm³/mol. The fraction of sp³-hybridized carbons (Fsp3) is 0.385. The number of amides is 1. The van der Waals surface area contributed by atoms with Gasteiger partial charge in [-0.15, -0.1) is 0 Å². The maximum atomic E-state index is 13.6. The van der Waals surface area contributed by atoms with E-state index in [0.29, 0.717) is 23.6 Å². The Kier molecular flexibility index (Phi) is 11.6. The van der Waals surface area contributed by atoms with Crippen molar-refractivity contribution >= 4 is 27.6 Å². The standard InChI is InChI=1S/C24H26N2O7S.C2H7N/c1-18(27)25-17-23(24(28)32-3)26(16-19-8-4-5-9-22(19)25)34(29,30)21-12-10-20(11-13-21)33-15-7-6-14-31-2;1-3-2/h4-5,8-13,23H,14-17H2,1-3H3;3H,1-2H3. The van der Waals surface area contributed by atoms with Crippen LogP contribution < -0.4 is 15.0 Å². The number of carbonyl (C=O) groups is 2. The van der Waals surface area contributed by atoms with Crippen LogP contribution in [-0.4, -0.2) is 78.7 Å². The normalized spacial score (nSPS) is 15.2. The average Bonchev–Trinajstić information content (AvgIpc) is 3.07. The molecule has 200 valence electrons. The Morgan fingerprint density at radius 1 is 1.03 bits per heavy atom. The van der Waals surface area contributed by atoms with Crippen LogP contribution in [0.25, 0.3) is 0 Å². The first-order chi connectivity index (χ1) is 17.7. The number of methoxy groups -OCH3 is 2. The third kappa shape index (κ3) is 7.77. The van der Waals surface area contributed by atoms with Gasteiger partial charge in [0.05, 0.1) is 18.6 Å². The van der Waals surface area contributed by atoms with Gasteiger partial charge in [-0.05, 0) is 50.0 Å². The third-order valence-corrected chi connectivity index (χ3v) is 7.12. The molecule has 37 heavy (non-hydrogen) atoms. The third-order valence-electron chi connectivity index (χ3n) is 5.25. The molecule has 0 spiro atoms. The highest BCUT2D eigenvalue weighted by atomic mass is 32.2. The maximum absolute atomic E-state index is 13.6. The molecule has 11 heteroatoms. The van der Waals surface area contributed by atoms with Gasteiger partial charge in [-0.2, -0.15) is 4.31 Å². The molecule has 0 aliphatic carbocycles. The van der Waals surface area contributed by atoms with Crippen molar-refractivity contribution in [3.8, 4) is 17.6 Å². The van der Waals surface area contributed by atoms with E-state index in [2.05, 4.69) is 17.2 Å². The Labute approximate surface area is 218 Å². The van der Waals surface area contributed by atoms with Crippen LogP contribution >= 0.6 is 0 Å². The first-order valence-electron chi connectivity index (χ1n) is 11.4. The Bertz CT molecular complexity index is 1220. The summed E-state index contributed by atoms with van der Waals surface area (Å²) in [4.78, 5) is 26.4. The van der Waals surface area contributed by atoms with Crippen LogP contribution in [0.5, 0.6) is 5.75 Å². The second-order valence-electron chi connectivity index (χ2n) is 7.89. The van der Waals surface area contributed by atoms with E-state index < -0.39 is 22.0 Å². The lowest BCUT2D eigenvalue weighted by Crippen LogP contribution is -2.50. The minimum absolute atomic E-state index is 0.0204. The zero-order valence-corrected chi connectivity index (χ0v) is 22.5. The van der Waals surface area contributed by atoms with E-state index >= 15 is 0 Å². The van der Waals surface area contributed by atoms with Crippen molar-refractivity contribution in [1.29, 1.82) is 0 Å². The first-order valence-corrected chi connectivity index (χ1v) is 12.9. The molecule has 1 N–H and O–H groups in total. The van der Waals surface area contributed by atoms with Crippen LogP contribution in [0.4, 0.5) is 5.69 Å². The van der Waals surface area contributed by atoms with Gasteiger partial charge >= 0.3 is 5.97 Å². The van der Waals surface area contributed by atoms with Crippen molar-refractivity contribution in [2.45, 2.75) is 24.4 Å². The number of hydrogen-bond donors (Lipinski definition) is 1. The van der Waals surface area contributed by atoms with Crippen molar-refractivity contribution in [3.63, 3.8) is 0 Å². The molecule has 3 rings (SSSR count). The van der Waals surface area contributed by atoms with Gasteiger partial charge in [-0.1, -0.05) is 30.0 Å². The molecule has 0 saturated carbocycles. The number of nitrogens with one attached hydrogen (secondary N) is 1. The number of carbonyl (C=O) groups excluding carboxylic acids is 2. The first kappa shape index (κ1) is 29.8. The van der Waals surface area contributed by atoms with Gasteiger partial charge in [0, 0.05) is 26.3 Å². The number of hydrogen-bond acceptors (Lipinski definition) is 8. The van der Waals surface area contributed by atoms with Crippen molar-refractivity contribution < 1.29 is 32.2 Å². The molecule has 0 saturated heterocycles. The fourth-order valence-electron chi connectivity index (χ4n) is 3.56. The van der Waals surface area contributed by atoms with E-state index in [1.54, 1.807) is 31.4 Å². The topological polar surface area (TPSA) is 114 Å². The zero-order chi connectivity index (χ0) is 27.4. The molecule has 0 bridgehead atoms. The lowest BCUT2D eigenvalue weighted by Gasteiger charge is -2.29. The quantitative estimate of drug-likeness (QED) is 0.442. The minimum Gasteiger partial charge on any atom is -0.481 e. The summed E-state index contributed by atoms with van der Waals surface area (Å²) in [5, 5.41) is 2.75. The van der Waals surface area contributed by atoms with Crippen LogP contribution in [-0.2, 0) is 35.6 Å². The second kappa shape index (κ2) is 14.3. The number of nitrogens with zero attached hydrogens (tertiary/aromatic N) is 2. The summed E-state index contributed by atoms with van der Waals surface area (Å²) in [5.74, 6) is 4.92. The molecule has 1 atom stereocenters. The summed E-state index contributed by atoms with van der Waals surface area (Å²) in [6.45, 7) is 1.52. The number of para-hydroxylation sites is 1. The van der Waals surface area contributed by atoms with Gasteiger partial charge in [0.1, 0.15) is 25.0 Å². The lowest BCUT2D eigenvalue weighted by molar-refractivity contribution is -0.144. The summed E-state index contributed by atoms with van der Waals surface area (Å²) in [6.07, 6.45) is 0. The van der Waals surface area contributed by atoms with Crippen molar-refractivity contribution in [2.24, 2.45) is 0 Å². The minimum atomic E-state index is -4.14. The second-order valence-corrected chi connectivity index (χ2v) is 9.78. The molecule has 1 aliphatic rings. The largest absolute Gasteiger partial charge is 0.481 e. The van der Waals surface area contributed by atoms with Crippen molar-refractivity contribution in [2.75, 3.05) is 53.0 Å². The van der Waals surface area contributed by atoms with Crippen LogP contribution in [0, 0.1) is 11.8 Å². The summed E-state index contributed by atoms with van der Waals surface area (Å²) < 4.78 is 43.6. The summed E-state index contributed by atoms with van der Waals surface area (Å²) in [7, 11) is 2.34. The van der Waals surface area contributed by atoms with E-state index in [-0.39, 0.29) is 30.5 Å². The Morgan fingerprint density at radius 2 is 1.65 bits per heavy atom. The Balaban J connectivity index is 0.00000153. The van der Waals surface area contributed by atoms with Crippen LogP contribution in [0.3, 0.4) is 0 Å². The van der Waals surface area contributed by atoms with Crippen molar-refractivity contribution in [3.05, 3.63) is 54.1 Å². The molecular formula is C26H33N3O7S. The fourth-order valence-corrected chi connectivity index (χ4v) is 5.11. The Morgan fingerprint density at radius 3 is 2.24 bits per heavy atom. The Hall–Kier alpha value is -3.43. The van der Waals surface area contributed by atoms with Gasteiger partial charge in [0.25, 0.3) is 0 Å². The van der Waals surface area contributed by atoms with Gasteiger partial charge < -0.3 is 24.4 Å². The molecular weight excluding hydrogens is 498 g/mol.